The first-order chi connectivity index (χ1) is 31.5. The van der Waals surface area contributed by atoms with Gasteiger partial charge in [0.1, 0.15) is 24.2 Å². The van der Waals surface area contributed by atoms with Crippen molar-refractivity contribution in [3.05, 3.63) is 84.1 Å². The van der Waals surface area contributed by atoms with Crippen molar-refractivity contribution in [2.45, 2.75) is 101 Å². The summed E-state index contributed by atoms with van der Waals surface area (Å²) >= 11 is 0. The first kappa shape index (κ1) is 51.7. The average molecular weight is 916 g/mol. The molecule has 66 heavy (non-hydrogen) atoms. The molecule has 0 saturated heterocycles. The fourth-order valence-corrected chi connectivity index (χ4v) is 7.40. The van der Waals surface area contributed by atoms with E-state index >= 15 is 0 Å². The number of rotatable bonds is 27. The summed E-state index contributed by atoms with van der Waals surface area (Å²) in [6, 6.07) is 14.7. The quantitative estimate of drug-likeness (QED) is 0.0365. The van der Waals surface area contributed by atoms with Gasteiger partial charge in [-0.1, -0.05) is 80.4 Å². The van der Waals surface area contributed by atoms with Crippen molar-refractivity contribution in [2.75, 3.05) is 26.7 Å². The predicted molar refractivity (Wildman–Crippen MR) is 244 cm³/mol. The zero-order chi connectivity index (χ0) is 48.3. The van der Waals surface area contributed by atoms with Crippen LogP contribution < -0.4 is 38.1 Å². The van der Waals surface area contributed by atoms with Crippen LogP contribution in [0.15, 0.2) is 72.9 Å². The first-order valence-electron chi connectivity index (χ1n) is 21.8. The van der Waals surface area contributed by atoms with E-state index in [9.17, 15) is 53.7 Å². The van der Waals surface area contributed by atoms with Crippen molar-refractivity contribution in [1.29, 1.82) is 0 Å². The molecule has 0 aliphatic rings. The van der Waals surface area contributed by atoms with Crippen molar-refractivity contribution < 1.29 is 53.7 Å². The van der Waals surface area contributed by atoms with Crippen molar-refractivity contribution in [2.24, 2.45) is 11.5 Å². The summed E-state index contributed by atoms with van der Waals surface area (Å²) in [5.74, 6) is -6.62. The van der Waals surface area contributed by atoms with Gasteiger partial charge in [-0.15, -0.1) is 0 Å². The molecule has 0 saturated carbocycles. The van der Waals surface area contributed by atoms with Gasteiger partial charge in [0, 0.05) is 63.0 Å². The van der Waals surface area contributed by atoms with Crippen LogP contribution in [0.2, 0.25) is 0 Å². The molecule has 0 spiro atoms. The van der Waals surface area contributed by atoms with Crippen molar-refractivity contribution >= 4 is 69.0 Å². The molecule has 0 radical (unpaired) electrons. The van der Waals surface area contributed by atoms with Crippen LogP contribution >= 0.6 is 0 Å². The first-order valence-corrected chi connectivity index (χ1v) is 21.8. The molecule has 2 unspecified atom stereocenters. The number of nitrogens with two attached hydrogens (primary N) is 2. The molecule has 0 aliphatic carbocycles. The molecule has 1 heterocycles. The van der Waals surface area contributed by atoms with Crippen molar-refractivity contribution in [3.63, 3.8) is 0 Å². The maximum absolute atomic E-state index is 14.5. The van der Waals surface area contributed by atoms with E-state index in [0.717, 1.165) is 26.6 Å². The Morgan fingerprint density at radius 1 is 0.712 bits per heavy atom. The minimum Gasteiger partial charge on any atom is -0.481 e. The normalized spacial score (nSPS) is 13.9. The molecule has 20 heteroatoms. The Labute approximate surface area is 381 Å². The highest BCUT2D eigenvalue weighted by atomic mass is 16.4. The maximum atomic E-state index is 14.5. The number of nitrogens with one attached hydrogen (secondary N) is 6. The molecule has 7 amide bonds. The smallest absolute Gasteiger partial charge is 0.305 e. The number of aliphatic carboxylic acids is 1. The van der Waals surface area contributed by atoms with Gasteiger partial charge in [-0.05, 0) is 34.4 Å². The van der Waals surface area contributed by atoms with E-state index in [1.807, 2.05) is 61.5 Å². The van der Waals surface area contributed by atoms with Crippen LogP contribution in [0.3, 0.4) is 0 Å². The number of fused-ring (bicyclic) bond motifs is 2. The van der Waals surface area contributed by atoms with E-state index in [2.05, 4.69) is 31.6 Å². The largest absolute Gasteiger partial charge is 0.481 e. The lowest BCUT2D eigenvalue weighted by molar-refractivity contribution is -0.144. The summed E-state index contributed by atoms with van der Waals surface area (Å²) in [4.78, 5) is 109. The summed E-state index contributed by atoms with van der Waals surface area (Å²) in [5.41, 5.74) is 13.1. The molecule has 356 valence electrons. The molecular formula is C46H61N9O11. The molecule has 13 N–H and O–H groups in total. The number of aliphatic hydroxyl groups is 2. The number of H-pyrrole nitrogens is 1. The number of benzene rings is 3. The van der Waals surface area contributed by atoms with Crippen molar-refractivity contribution in [1.82, 2.24) is 36.5 Å². The Morgan fingerprint density at radius 3 is 2.05 bits per heavy atom. The van der Waals surface area contributed by atoms with E-state index in [0.29, 0.717) is 24.0 Å². The molecule has 4 aromatic rings. The Hall–Kier alpha value is -6.90. The van der Waals surface area contributed by atoms with Gasteiger partial charge in [0.2, 0.25) is 41.4 Å². The SMILES string of the molecule is CCCC[C@@H](C(=O)N[C@@H](CC(=O)O)C(=O)N[C@@H](Cc1cccc2ccccc12)C(N)=O)N(C)C(=O)[C@H](Cc1c[nH]c2ccccc12)NC(=O)CCNC(=O)CC(O)CNC(=O)CC(O)CN. The number of hydrogen-bond acceptors (Lipinski definition) is 11. The van der Waals surface area contributed by atoms with E-state index in [1.54, 1.807) is 18.3 Å². The lowest BCUT2D eigenvalue weighted by Crippen LogP contribution is -2.59. The molecule has 20 nitrogen and oxygen atoms in total. The van der Waals surface area contributed by atoms with Crippen LogP contribution in [-0.2, 0) is 51.2 Å². The highest BCUT2D eigenvalue weighted by molar-refractivity contribution is 5.97. The fraction of sp³-hybridized carbons (Fsp3) is 0.435. The number of hydrogen-bond donors (Lipinski definition) is 11. The maximum Gasteiger partial charge on any atom is 0.305 e. The lowest BCUT2D eigenvalue weighted by atomic mass is 9.98. The van der Waals surface area contributed by atoms with Gasteiger partial charge in [0.15, 0.2) is 0 Å². The van der Waals surface area contributed by atoms with Gasteiger partial charge in [0.05, 0.1) is 31.5 Å². The Bertz CT molecular complexity index is 2330. The number of carboxylic acid groups (broad SMARTS) is 1. The van der Waals surface area contributed by atoms with E-state index < -0.39 is 96.5 Å². The van der Waals surface area contributed by atoms with Crippen LogP contribution in [0, 0.1) is 0 Å². The second-order valence-electron chi connectivity index (χ2n) is 16.1. The number of likely N-dealkylation sites (N-methyl/N-ethyl adjacent to an activating group) is 1. The number of nitrogens with zero attached hydrogens (tertiary/aromatic N) is 1. The number of amides is 7. The number of primary amides is 1. The van der Waals surface area contributed by atoms with E-state index in [4.69, 9.17) is 11.5 Å². The number of carbonyl (C=O) groups is 8. The number of aliphatic hydroxyl groups excluding tert-OH is 2. The summed E-state index contributed by atoms with van der Waals surface area (Å²) in [6.45, 7) is 1.31. The van der Waals surface area contributed by atoms with E-state index in [-0.39, 0.29) is 51.7 Å². The molecule has 0 fully saturated rings. The third kappa shape index (κ3) is 15.7. The van der Waals surface area contributed by atoms with Gasteiger partial charge >= 0.3 is 5.97 Å². The van der Waals surface area contributed by atoms with Crippen LogP contribution in [0.4, 0.5) is 0 Å². The monoisotopic (exact) mass is 915 g/mol. The lowest BCUT2D eigenvalue weighted by Gasteiger charge is -2.32. The highest BCUT2D eigenvalue weighted by Crippen LogP contribution is 2.22. The third-order valence-electron chi connectivity index (χ3n) is 11.0. The number of para-hydroxylation sites is 1. The van der Waals surface area contributed by atoms with Gasteiger partial charge in [-0.25, -0.2) is 0 Å². The van der Waals surface area contributed by atoms with Gasteiger partial charge < -0.3 is 63.3 Å². The fourth-order valence-electron chi connectivity index (χ4n) is 7.40. The molecule has 0 bridgehead atoms. The summed E-state index contributed by atoms with van der Waals surface area (Å²) in [7, 11) is 1.37. The van der Waals surface area contributed by atoms with Crippen LogP contribution in [0.1, 0.15) is 63.0 Å². The number of aromatic nitrogens is 1. The number of carbonyl (C=O) groups excluding carboxylic acids is 7. The highest BCUT2D eigenvalue weighted by Gasteiger charge is 2.35. The van der Waals surface area contributed by atoms with Gasteiger partial charge in [-0.2, -0.15) is 0 Å². The molecule has 1 aromatic heterocycles. The van der Waals surface area contributed by atoms with E-state index in [1.165, 1.54) is 7.05 Å². The average Bonchev–Trinajstić information content (AvgIpc) is 3.69. The van der Waals surface area contributed by atoms with Crippen LogP contribution in [0.5, 0.6) is 0 Å². The molecule has 4 rings (SSSR count). The zero-order valence-corrected chi connectivity index (χ0v) is 37.1. The minimum atomic E-state index is -1.68. The Kier molecular flexibility index (Phi) is 20.0. The second-order valence-corrected chi connectivity index (χ2v) is 16.1. The van der Waals surface area contributed by atoms with Gasteiger partial charge in [0.25, 0.3) is 0 Å². The Morgan fingerprint density at radius 2 is 1.35 bits per heavy atom. The molecular weight excluding hydrogens is 855 g/mol. The topological polar surface area (TPSA) is 328 Å². The summed E-state index contributed by atoms with van der Waals surface area (Å²) in [5, 5.41) is 44.6. The Balaban J connectivity index is 1.47. The molecule has 3 aromatic carbocycles. The number of aromatic amines is 1. The molecule has 6 atom stereocenters. The number of unbranched alkanes of at least 4 members (excludes halogenated alkanes) is 1. The minimum absolute atomic E-state index is 0.0181. The standard InChI is InChI=1S/C46H61N9O11/c1-3-4-16-38(45(65)54-36(23-42(61)62)44(64)53-35(43(48)63)19-28-12-9-11-27-10-5-6-13-32(27)28)55(2)46(66)37(20-29-25-50-34-15-8-7-14-33(29)34)52-39(58)17-18-49-40(59)22-31(57)26-51-41(60)21-30(56)24-47/h5-15,25,30-31,35-38,50,56-57H,3-4,16-24,26,47H2,1-2H3,(H2,48,63)(H,49,59)(H,51,60)(H,52,58)(H,53,64)(H,54,65)(H,61,62)/t30?,31?,35-,36-,37-,38-/m0/s1. The predicted octanol–water partition coefficient (Wildman–Crippen LogP) is -0.379. The van der Waals surface area contributed by atoms with Gasteiger partial charge in [-0.3, -0.25) is 38.4 Å². The third-order valence-corrected chi connectivity index (χ3v) is 11.0. The second kappa shape index (κ2) is 25.6. The van der Waals surface area contributed by atoms with Crippen LogP contribution in [0.25, 0.3) is 21.7 Å². The molecule has 0 aliphatic heterocycles. The number of carboxylic acids is 1. The summed E-state index contributed by atoms with van der Waals surface area (Å²) in [6.07, 6.45) is -1.32. The van der Waals surface area contributed by atoms with Crippen LogP contribution in [-0.4, -0.2) is 136 Å². The zero-order valence-electron chi connectivity index (χ0n) is 37.1. The van der Waals surface area contributed by atoms with Crippen molar-refractivity contribution in [3.8, 4) is 0 Å². The summed E-state index contributed by atoms with van der Waals surface area (Å²) < 4.78 is 0.